The third-order valence-electron chi connectivity index (χ3n) is 7.41. The van der Waals surface area contributed by atoms with Crippen molar-refractivity contribution in [3.63, 3.8) is 0 Å². The standard InChI is InChI=1S/C25H36O6/c26-20-10-11-21(27)19(9-5-3-7-13-25(16-17-25)23(30)31)18(20)8-4-1-2-6-12-24(14-15-24)22(28)29/h10-11,26-27H,1-9,12-17H2,(H,28,29)(H,30,31). The monoisotopic (exact) mass is 432 g/mol. The smallest absolute Gasteiger partial charge is 0.309 e. The van der Waals surface area contributed by atoms with Gasteiger partial charge in [-0.05, 0) is 76.3 Å². The Hall–Kier alpha value is -2.24. The number of benzene rings is 1. The number of carboxylic acids is 2. The third-order valence-corrected chi connectivity index (χ3v) is 7.41. The fourth-order valence-corrected chi connectivity index (χ4v) is 4.73. The quantitative estimate of drug-likeness (QED) is 0.217. The highest BCUT2D eigenvalue weighted by Gasteiger charge is 2.49. The first-order chi connectivity index (χ1) is 14.8. The first-order valence-electron chi connectivity index (χ1n) is 11.8. The molecule has 3 rings (SSSR count). The molecule has 6 heteroatoms. The number of carboxylic acid groups (broad SMARTS) is 2. The summed E-state index contributed by atoms with van der Waals surface area (Å²) >= 11 is 0. The van der Waals surface area contributed by atoms with Crippen LogP contribution in [0.4, 0.5) is 0 Å². The molecule has 2 fully saturated rings. The second kappa shape index (κ2) is 9.92. The van der Waals surface area contributed by atoms with Crippen LogP contribution in [0.15, 0.2) is 12.1 Å². The Morgan fingerprint density at radius 3 is 1.35 bits per heavy atom. The lowest BCUT2D eigenvalue weighted by Crippen LogP contribution is -2.14. The van der Waals surface area contributed by atoms with E-state index in [4.69, 9.17) is 0 Å². The van der Waals surface area contributed by atoms with E-state index in [0.29, 0.717) is 12.8 Å². The highest BCUT2D eigenvalue weighted by atomic mass is 16.4. The molecule has 0 bridgehead atoms. The highest BCUT2D eigenvalue weighted by Crippen LogP contribution is 2.50. The average molecular weight is 433 g/mol. The van der Waals surface area contributed by atoms with Crippen LogP contribution in [0.3, 0.4) is 0 Å². The minimum Gasteiger partial charge on any atom is -0.508 e. The van der Waals surface area contributed by atoms with Gasteiger partial charge in [0.1, 0.15) is 11.5 Å². The number of phenols is 2. The Morgan fingerprint density at radius 2 is 1.00 bits per heavy atom. The number of aromatic hydroxyl groups is 2. The van der Waals surface area contributed by atoms with Crippen LogP contribution in [0.25, 0.3) is 0 Å². The van der Waals surface area contributed by atoms with Crippen LogP contribution < -0.4 is 0 Å². The molecule has 1 aromatic rings. The van der Waals surface area contributed by atoms with Crippen LogP contribution in [-0.2, 0) is 22.4 Å². The molecule has 1 aromatic carbocycles. The maximum atomic E-state index is 11.3. The second-order valence-electron chi connectivity index (χ2n) is 9.71. The van der Waals surface area contributed by atoms with E-state index in [1.54, 1.807) is 12.1 Å². The highest BCUT2D eigenvalue weighted by molar-refractivity contribution is 5.78. The molecule has 4 N–H and O–H groups in total. The summed E-state index contributed by atoms with van der Waals surface area (Å²) in [6, 6.07) is 3.08. The van der Waals surface area contributed by atoms with E-state index in [0.717, 1.165) is 94.6 Å². The zero-order valence-corrected chi connectivity index (χ0v) is 18.4. The van der Waals surface area contributed by atoms with Gasteiger partial charge in [0.25, 0.3) is 0 Å². The molecular formula is C25H36O6. The number of hydrogen-bond acceptors (Lipinski definition) is 4. The average Bonchev–Trinajstić information content (AvgIpc) is 3.63. The molecule has 0 aromatic heterocycles. The van der Waals surface area contributed by atoms with Crippen LogP contribution in [0.2, 0.25) is 0 Å². The van der Waals surface area contributed by atoms with Crippen molar-refractivity contribution in [2.24, 2.45) is 10.8 Å². The molecule has 0 spiro atoms. The van der Waals surface area contributed by atoms with E-state index < -0.39 is 22.8 Å². The molecule has 0 aliphatic heterocycles. The predicted molar refractivity (Wildman–Crippen MR) is 117 cm³/mol. The molecule has 172 valence electrons. The van der Waals surface area contributed by atoms with Crippen molar-refractivity contribution >= 4 is 11.9 Å². The zero-order valence-electron chi connectivity index (χ0n) is 18.4. The molecule has 0 unspecified atom stereocenters. The van der Waals surface area contributed by atoms with Crippen LogP contribution >= 0.6 is 0 Å². The van der Waals surface area contributed by atoms with E-state index in [2.05, 4.69) is 0 Å². The van der Waals surface area contributed by atoms with Gasteiger partial charge in [0.15, 0.2) is 0 Å². The Kier molecular flexibility index (Phi) is 7.50. The van der Waals surface area contributed by atoms with E-state index in [1.165, 1.54) is 0 Å². The largest absolute Gasteiger partial charge is 0.508 e. The molecule has 31 heavy (non-hydrogen) atoms. The van der Waals surface area contributed by atoms with Crippen molar-refractivity contribution in [1.82, 2.24) is 0 Å². The van der Waals surface area contributed by atoms with Gasteiger partial charge in [0, 0.05) is 11.1 Å². The Bertz CT molecular complexity index is 791. The summed E-state index contributed by atoms with van der Waals surface area (Å²) in [6.07, 6.45) is 12.5. The number of unbranched alkanes of at least 4 members (excludes halogenated alkanes) is 5. The van der Waals surface area contributed by atoms with Crippen molar-refractivity contribution in [1.29, 1.82) is 0 Å². The number of aliphatic carboxylic acids is 2. The molecule has 0 radical (unpaired) electrons. The fraction of sp³-hybridized carbons (Fsp3) is 0.680. The van der Waals surface area contributed by atoms with Gasteiger partial charge >= 0.3 is 11.9 Å². The lowest BCUT2D eigenvalue weighted by Gasteiger charge is -2.14. The summed E-state index contributed by atoms with van der Waals surface area (Å²) in [4.78, 5) is 22.5. The normalized spacial score (nSPS) is 17.9. The molecule has 6 nitrogen and oxygen atoms in total. The molecule has 0 amide bonds. The predicted octanol–water partition coefficient (Wildman–Crippen LogP) is 5.42. The van der Waals surface area contributed by atoms with Gasteiger partial charge in [-0.25, -0.2) is 0 Å². The van der Waals surface area contributed by atoms with Crippen molar-refractivity contribution < 1.29 is 30.0 Å². The number of rotatable bonds is 15. The second-order valence-corrected chi connectivity index (χ2v) is 9.71. The lowest BCUT2D eigenvalue weighted by molar-refractivity contribution is -0.144. The van der Waals surface area contributed by atoms with Gasteiger partial charge in [-0.1, -0.05) is 32.1 Å². The van der Waals surface area contributed by atoms with E-state index in [9.17, 15) is 30.0 Å². The van der Waals surface area contributed by atoms with Crippen molar-refractivity contribution in [2.45, 2.75) is 96.3 Å². The van der Waals surface area contributed by atoms with Gasteiger partial charge < -0.3 is 20.4 Å². The number of hydrogen-bond donors (Lipinski definition) is 4. The molecule has 2 aliphatic rings. The first kappa shape index (κ1) is 23.4. The van der Waals surface area contributed by atoms with Crippen molar-refractivity contribution in [3.8, 4) is 11.5 Å². The zero-order chi connectivity index (χ0) is 22.5. The third kappa shape index (κ3) is 5.92. The summed E-state index contributed by atoms with van der Waals surface area (Å²) in [6.45, 7) is 0. The summed E-state index contributed by atoms with van der Waals surface area (Å²) < 4.78 is 0. The Labute approximate surface area is 184 Å². The van der Waals surface area contributed by atoms with E-state index >= 15 is 0 Å². The van der Waals surface area contributed by atoms with Gasteiger partial charge in [-0.2, -0.15) is 0 Å². The molecule has 2 saturated carbocycles. The summed E-state index contributed by atoms with van der Waals surface area (Å²) in [5.74, 6) is -0.889. The van der Waals surface area contributed by atoms with Gasteiger partial charge in [0.05, 0.1) is 10.8 Å². The van der Waals surface area contributed by atoms with Crippen LogP contribution in [0, 0.1) is 10.8 Å². The molecule has 2 aliphatic carbocycles. The Balaban J connectivity index is 1.40. The fourth-order valence-electron chi connectivity index (χ4n) is 4.73. The van der Waals surface area contributed by atoms with Crippen LogP contribution in [-0.4, -0.2) is 32.4 Å². The molecule has 0 heterocycles. The molecule has 0 atom stereocenters. The maximum absolute atomic E-state index is 11.3. The summed E-state index contributed by atoms with van der Waals surface area (Å²) in [5, 5.41) is 39.2. The van der Waals surface area contributed by atoms with E-state index in [1.807, 2.05) is 0 Å². The van der Waals surface area contributed by atoms with Crippen molar-refractivity contribution in [2.75, 3.05) is 0 Å². The van der Waals surface area contributed by atoms with Gasteiger partial charge in [0.2, 0.25) is 0 Å². The Morgan fingerprint density at radius 1 is 0.645 bits per heavy atom. The molecular weight excluding hydrogens is 396 g/mol. The summed E-state index contributed by atoms with van der Waals surface area (Å²) in [5.41, 5.74) is 0.706. The van der Waals surface area contributed by atoms with E-state index in [-0.39, 0.29) is 11.5 Å². The van der Waals surface area contributed by atoms with Crippen molar-refractivity contribution in [3.05, 3.63) is 23.3 Å². The van der Waals surface area contributed by atoms with Gasteiger partial charge in [-0.15, -0.1) is 0 Å². The maximum Gasteiger partial charge on any atom is 0.309 e. The van der Waals surface area contributed by atoms with Gasteiger partial charge in [-0.3, -0.25) is 9.59 Å². The number of phenolic OH excluding ortho intramolecular Hbond substituents is 2. The summed E-state index contributed by atoms with van der Waals surface area (Å²) in [7, 11) is 0. The SMILES string of the molecule is O=C(O)C1(CCCCCCc2c(O)ccc(O)c2CCCCCC2(C(=O)O)CC2)CC1. The minimum absolute atomic E-state index is 0.217. The topological polar surface area (TPSA) is 115 Å². The first-order valence-corrected chi connectivity index (χ1v) is 11.8. The lowest BCUT2D eigenvalue weighted by atomic mass is 9.93. The van der Waals surface area contributed by atoms with Crippen LogP contribution in [0.5, 0.6) is 11.5 Å². The van der Waals surface area contributed by atoms with Crippen LogP contribution in [0.1, 0.15) is 94.6 Å². The number of carbonyl (C=O) groups is 2. The molecule has 0 saturated heterocycles. The minimum atomic E-state index is -0.671.